The maximum Gasteiger partial charge on any atom is 0.304 e. The van der Waals surface area contributed by atoms with Crippen LogP contribution in [0.2, 0.25) is 0 Å². The van der Waals surface area contributed by atoms with E-state index in [0.717, 1.165) is 10.0 Å². The number of benzene rings is 1. The molecule has 2 N–H and O–H groups in total. The Morgan fingerprint density at radius 2 is 2.06 bits per heavy atom. The molecule has 0 radical (unpaired) electrons. The molecule has 1 rings (SSSR count). The van der Waals surface area contributed by atoms with E-state index < -0.39 is 11.9 Å². The molecule has 1 aromatic rings. The van der Waals surface area contributed by atoms with Gasteiger partial charge in [-0.1, -0.05) is 41.1 Å². The number of carboxylic acids is 1. The van der Waals surface area contributed by atoms with E-state index in [1.54, 1.807) is 6.92 Å². The molecule has 17 heavy (non-hydrogen) atoms. The predicted octanol–water partition coefficient (Wildman–Crippen LogP) is 2.18. The van der Waals surface area contributed by atoms with Crippen molar-refractivity contribution in [1.82, 2.24) is 5.32 Å². The van der Waals surface area contributed by atoms with Gasteiger partial charge >= 0.3 is 5.97 Å². The topological polar surface area (TPSA) is 66.4 Å². The Kier molecular flexibility index (Phi) is 5.15. The fraction of sp³-hybridized carbons (Fsp3) is 0.333. The first kappa shape index (κ1) is 13.7. The second-order valence-electron chi connectivity index (χ2n) is 3.81. The summed E-state index contributed by atoms with van der Waals surface area (Å²) in [5.41, 5.74) is 0.961. The minimum atomic E-state index is -0.964. The summed E-state index contributed by atoms with van der Waals surface area (Å²) in [6, 6.07) is 7.56. The van der Waals surface area contributed by atoms with Crippen LogP contribution in [0.3, 0.4) is 0 Å². The Morgan fingerprint density at radius 3 is 2.65 bits per heavy atom. The Hall–Kier alpha value is -1.36. The van der Waals surface area contributed by atoms with Crippen LogP contribution in [0.15, 0.2) is 28.7 Å². The van der Waals surface area contributed by atoms with Gasteiger partial charge in [0.1, 0.15) is 0 Å². The van der Waals surface area contributed by atoms with E-state index in [-0.39, 0.29) is 12.3 Å². The van der Waals surface area contributed by atoms with Crippen LogP contribution < -0.4 is 5.32 Å². The third-order valence-corrected chi connectivity index (χ3v) is 3.11. The maximum atomic E-state index is 11.6. The Balaban J connectivity index is 2.48. The van der Waals surface area contributed by atoms with E-state index in [1.165, 1.54) is 0 Å². The summed E-state index contributed by atoms with van der Waals surface area (Å²) in [7, 11) is 0. The molecule has 0 fully saturated rings. The first-order chi connectivity index (χ1) is 8.00. The van der Waals surface area contributed by atoms with Gasteiger partial charge in [0.15, 0.2) is 0 Å². The molecular weight excluding hydrogens is 286 g/mol. The number of carbonyl (C=O) groups is 2. The smallest absolute Gasteiger partial charge is 0.304 e. The summed E-state index contributed by atoms with van der Waals surface area (Å²) in [5.74, 6) is -1.73. The molecule has 0 heterocycles. The molecule has 0 aromatic heterocycles. The number of hydrogen-bond donors (Lipinski definition) is 2. The summed E-state index contributed by atoms with van der Waals surface area (Å²) in [5, 5.41) is 11.3. The van der Waals surface area contributed by atoms with E-state index in [2.05, 4.69) is 21.2 Å². The van der Waals surface area contributed by atoms with Gasteiger partial charge in [0.2, 0.25) is 5.91 Å². The minimum absolute atomic E-state index is 0.151. The zero-order chi connectivity index (χ0) is 12.8. The third kappa shape index (κ3) is 4.56. The Bertz CT molecular complexity index is 420. The summed E-state index contributed by atoms with van der Waals surface area (Å²) in [4.78, 5) is 22.0. The van der Waals surface area contributed by atoms with Crippen LogP contribution in [-0.2, 0) is 16.1 Å². The van der Waals surface area contributed by atoms with Crippen LogP contribution in [0.5, 0.6) is 0 Å². The van der Waals surface area contributed by atoms with Gasteiger partial charge < -0.3 is 10.4 Å². The minimum Gasteiger partial charge on any atom is -0.481 e. The lowest BCUT2D eigenvalue weighted by atomic mass is 10.1. The van der Waals surface area contributed by atoms with Crippen molar-refractivity contribution in [2.45, 2.75) is 19.9 Å². The largest absolute Gasteiger partial charge is 0.481 e. The average Bonchev–Trinajstić information content (AvgIpc) is 2.26. The lowest BCUT2D eigenvalue weighted by molar-refractivity contribution is -0.140. The predicted molar refractivity (Wildman–Crippen MR) is 67.4 cm³/mol. The van der Waals surface area contributed by atoms with Crippen LogP contribution >= 0.6 is 15.9 Å². The molecule has 0 saturated carbocycles. The first-order valence-electron chi connectivity index (χ1n) is 5.23. The first-order valence-corrected chi connectivity index (χ1v) is 6.03. The van der Waals surface area contributed by atoms with Gasteiger partial charge in [0.25, 0.3) is 0 Å². The fourth-order valence-corrected chi connectivity index (χ4v) is 1.78. The lowest BCUT2D eigenvalue weighted by Crippen LogP contribution is -2.30. The Labute approximate surface area is 108 Å². The van der Waals surface area contributed by atoms with Crippen molar-refractivity contribution in [3.8, 4) is 0 Å². The molecule has 0 aliphatic rings. The van der Waals surface area contributed by atoms with E-state index in [0.29, 0.717) is 6.54 Å². The number of rotatable bonds is 5. The van der Waals surface area contributed by atoms with Crippen LogP contribution in [0.25, 0.3) is 0 Å². The molecule has 0 aliphatic carbocycles. The third-order valence-electron chi connectivity index (χ3n) is 2.34. The molecule has 4 nitrogen and oxygen atoms in total. The normalized spacial score (nSPS) is 11.9. The van der Waals surface area contributed by atoms with Gasteiger partial charge in [0, 0.05) is 16.9 Å². The summed E-state index contributed by atoms with van der Waals surface area (Å²) in [6.45, 7) is 1.99. The number of hydrogen-bond acceptors (Lipinski definition) is 2. The number of carbonyl (C=O) groups excluding carboxylic acids is 1. The zero-order valence-electron chi connectivity index (χ0n) is 9.44. The standard InChI is InChI=1S/C12H14BrNO3/c1-8(6-11(15)16)12(17)14-7-9-4-2-3-5-10(9)13/h2-5,8H,6-7H2,1H3,(H,14,17)(H,15,16). The number of nitrogens with one attached hydrogen (secondary N) is 1. The summed E-state index contributed by atoms with van der Waals surface area (Å²) in [6.07, 6.45) is -0.151. The zero-order valence-corrected chi connectivity index (χ0v) is 11.0. The van der Waals surface area contributed by atoms with Crippen molar-refractivity contribution in [2.75, 3.05) is 0 Å². The van der Waals surface area contributed by atoms with Crippen LogP contribution in [0.1, 0.15) is 18.9 Å². The molecule has 0 saturated heterocycles. The van der Waals surface area contributed by atoms with Crippen LogP contribution in [0, 0.1) is 5.92 Å². The quantitative estimate of drug-likeness (QED) is 0.876. The van der Waals surface area contributed by atoms with Gasteiger partial charge in [-0.05, 0) is 11.6 Å². The molecule has 1 aromatic carbocycles. The highest BCUT2D eigenvalue weighted by Crippen LogP contribution is 2.15. The number of aliphatic carboxylic acids is 1. The van der Waals surface area contributed by atoms with E-state index in [1.807, 2.05) is 24.3 Å². The molecule has 1 unspecified atom stereocenters. The highest BCUT2D eigenvalue weighted by Gasteiger charge is 2.16. The number of carboxylic acid groups (broad SMARTS) is 1. The van der Waals surface area contributed by atoms with Crippen molar-refractivity contribution in [3.63, 3.8) is 0 Å². The average molecular weight is 300 g/mol. The SMILES string of the molecule is CC(CC(=O)O)C(=O)NCc1ccccc1Br. The van der Waals surface area contributed by atoms with E-state index in [9.17, 15) is 9.59 Å². The number of amides is 1. The monoisotopic (exact) mass is 299 g/mol. The highest BCUT2D eigenvalue weighted by atomic mass is 79.9. The molecule has 0 spiro atoms. The summed E-state index contributed by atoms with van der Waals surface area (Å²) < 4.78 is 0.922. The number of halogens is 1. The summed E-state index contributed by atoms with van der Waals surface area (Å²) >= 11 is 3.38. The highest BCUT2D eigenvalue weighted by molar-refractivity contribution is 9.10. The van der Waals surface area contributed by atoms with Gasteiger partial charge in [-0.25, -0.2) is 0 Å². The lowest BCUT2D eigenvalue weighted by Gasteiger charge is -2.10. The molecule has 1 amide bonds. The van der Waals surface area contributed by atoms with Gasteiger partial charge in [-0.2, -0.15) is 0 Å². The van der Waals surface area contributed by atoms with E-state index in [4.69, 9.17) is 5.11 Å². The maximum absolute atomic E-state index is 11.6. The van der Waals surface area contributed by atoms with Gasteiger partial charge in [-0.3, -0.25) is 9.59 Å². The fourth-order valence-electron chi connectivity index (χ4n) is 1.35. The Morgan fingerprint density at radius 1 is 1.41 bits per heavy atom. The van der Waals surface area contributed by atoms with Crippen LogP contribution in [0.4, 0.5) is 0 Å². The molecule has 5 heteroatoms. The van der Waals surface area contributed by atoms with Crippen molar-refractivity contribution in [2.24, 2.45) is 5.92 Å². The van der Waals surface area contributed by atoms with Gasteiger partial charge in [0.05, 0.1) is 6.42 Å². The van der Waals surface area contributed by atoms with E-state index >= 15 is 0 Å². The molecular formula is C12H14BrNO3. The van der Waals surface area contributed by atoms with Gasteiger partial charge in [-0.15, -0.1) is 0 Å². The molecule has 0 aliphatic heterocycles. The van der Waals surface area contributed by atoms with Crippen molar-refractivity contribution in [3.05, 3.63) is 34.3 Å². The second-order valence-corrected chi connectivity index (χ2v) is 4.66. The van der Waals surface area contributed by atoms with Crippen molar-refractivity contribution < 1.29 is 14.7 Å². The van der Waals surface area contributed by atoms with Crippen molar-refractivity contribution >= 4 is 27.8 Å². The van der Waals surface area contributed by atoms with Crippen molar-refractivity contribution in [1.29, 1.82) is 0 Å². The molecule has 1 atom stereocenters. The molecule has 0 bridgehead atoms. The van der Waals surface area contributed by atoms with Crippen LogP contribution in [-0.4, -0.2) is 17.0 Å². The molecule has 92 valence electrons. The second kappa shape index (κ2) is 6.39.